The Kier molecular flexibility index (Phi) is 10.8. The van der Waals surface area contributed by atoms with Crippen LogP contribution in [0.4, 0.5) is 5.82 Å². The molecule has 30 heavy (non-hydrogen) atoms. The Balaban J connectivity index is 0.00000320. The number of hydrogen-bond acceptors (Lipinski definition) is 4. The van der Waals surface area contributed by atoms with E-state index in [-0.39, 0.29) is 24.0 Å². The Morgan fingerprint density at radius 2 is 1.77 bits per heavy atom. The molecule has 2 aromatic rings. The Hall–Kier alpha value is -2.03. The number of anilines is 1. The molecule has 2 N–H and O–H groups in total. The van der Waals surface area contributed by atoms with E-state index >= 15 is 0 Å². The predicted molar refractivity (Wildman–Crippen MR) is 135 cm³/mol. The molecule has 0 amide bonds. The summed E-state index contributed by atoms with van der Waals surface area (Å²) in [5.74, 6) is 2.79. The van der Waals surface area contributed by atoms with Crippen molar-refractivity contribution in [2.45, 2.75) is 38.6 Å². The zero-order chi connectivity index (χ0) is 20.3. The van der Waals surface area contributed by atoms with Gasteiger partial charge in [-0.25, -0.2) is 4.98 Å². The number of pyridine rings is 1. The molecule has 0 aliphatic carbocycles. The van der Waals surface area contributed by atoms with Gasteiger partial charge in [-0.3, -0.25) is 4.99 Å². The van der Waals surface area contributed by atoms with Crippen molar-refractivity contribution >= 4 is 35.8 Å². The molecule has 3 rings (SSSR count). The first-order valence-electron chi connectivity index (χ1n) is 10.6. The van der Waals surface area contributed by atoms with Gasteiger partial charge in [-0.05, 0) is 54.7 Å². The van der Waals surface area contributed by atoms with Crippen molar-refractivity contribution in [2.75, 3.05) is 38.7 Å². The molecule has 1 aliphatic heterocycles. The highest BCUT2D eigenvalue weighted by Gasteiger charge is 2.11. The summed E-state index contributed by atoms with van der Waals surface area (Å²) >= 11 is 0. The van der Waals surface area contributed by atoms with Gasteiger partial charge in [-0.1, -0.05) is 25.0 Å². The number of nitrogens with one attached hydrogen (secondary N) is 2. The van der Waals surface area contributed by atoms with Crippen LogP contribution in [0.2, 0.25) is 0 Å². The largest absolute Gasteiger partial charge is 0.497 e. The summed E-state index contributed by atoms with van der Waals surface area (Å²) < 4.78 is 5.20. The number of halogens is 1. The predicted octanol–water partition coefficient (Wildman–Crippen LogP) is 4.00. The molecule has 0 bridgehead atoms. The zero-order valence-electron chi connectivity index (χ0n) is 18.1. The molecule has 0 saturated carbocycles. The summed E-state index contributed by atoms with van der Waals surface area (Å²) in [5, 5.41) is 6.79. The fourth-order valence-electron chi connectivity index (χ4n) is 3.57. The number of aliphatic imine (C=N–C) groups is 1. The summed E-state index contributed by atoms with van der Waals surface area (Å²) in [5.41, 5.74) is 2.49. The SMILES string of the molecule is CN=C(NCCc1ccc(OC)cc1)NCc1ccnc(N2CCCCCC2)c1.I. The van der Waals surface area contributed by atoms with E-state index in [2.05, 4.69) is 49.8 Å². The monoisotopic (exact) mass is 523 g/mol. The molecule has 1 saturated heterocycles. The highest BCUT2D eigenvalue weighted by Crippen LogP contribution is 2.18. The van der Waals surface area contributed by atoms with Crippen LogP contribution in [0.1, 0.15) is 36.8 Å². The quantitative estimate of drug-likeness (QED) is 0.327. The fourth-order valence-corrected chi connectivity index (χ4v) is 3.57. The molecule has 1 aliphatic rings. The van der Waals surface area contributed by atoms with Crippen molar-refractivity contribution < 1.29 is 4.74 Å². The van der Waals surface area contributed by atoms with Crippen LogP contribution < -0.4 is 20.3 Å². The second-order valence-electron chi connectivity index (χ2n) is 7.37. The van der Waals surface area contributed by atoms with Crippen molar-refractivity contribution in [1.29, 1.82) is 0 Å². The Labute approximate surface area is 197 Å². The molecule has 0 atom stereocenters. The van der Waals surface area contributed by atoms with E-state index in [1.54, 1.807) is 14.2 Å². The third kappa shape index (κ3) is 7.66. The van der Waals surface area contributed by atoms with Crippen molar-refractivity contribution in [2.24, 2.45) is 4.99 Å². The maximum atomic E-state index is 5.20. The first-order chi connectivity index (χ1) is 14.3. The van der Waals surface area contributed by atoms with Gasteiger partial charge in [0.05, 0.1) is 7.11 Å². The van der Waals surface area contributed by atoms with Gasteiger partial charge < -0.3 is 20.3 Å². The third-order valence-corrected chi connectivity index (χ3v) is 5.29. The summed E-state index contributed by atoms with van der Waals surface area (Å²) in [4.78, 5) is 11.3. The number of guanidine groups is 1. The van der Waals surface area contributed by atoms with Crippen LogP contribution in [0.3, 0.4) is 0 Å². The molecule has 1 aromatic carbocycles. The fraction of sp³-hybridized carbons (Fsp3) is 0.478. The minimum Gasteiger partial charge on any atom is -0.497 e. The Morgan fingerprint density at radius 3 is 2.43 bits per heavy atom. The lowest BCUT2D eigenvalue weighted by molar-refractivity contribution is 0.414. The number of rotatable bonds is 7. The van der Waals surface area contributed by atoms with E-state index in [4.69, 9.17) is 4.74 Å². The second kappa shape index (κ2) is 13.3. The number of ether oxygens (including phenoxy) is 1. The number of benzene rings is 1. The van der Waals surface area contributed by atoms with E-state index in [0.29, 0.717) is 0 Å². The highest BCUT2D eigenvalue weighted by atomic mass is 127. The smallest absolute Gasteiger partial charge is 0.191 e. The number of aromatic nitrogens is 1. The lowest BCUT2D eigenvalue weighted by Crippen LogP contribution is -2.37. The molecular formula is C23H34IN5O. The van der Waals surface area contributed by atoms with Gasteiger partial charge in [0.25, 0.3) is 0 Å². The normalized spacial score (nSPS) is 14.5. The second-order valence-corrected chi connectivity index (χ2v) is 7.37. The van der Waals surface area contributed by atoms with Gasteiger partial charge in [0.1, 0.15) is 11.6 Å². The standard InChI is InChI=1S/C23H33N5O.HI/c1-24-23(26-14-11-19-7-9-21(29-2)10-8-19)27-18-20-12-13-25-22(17-20)28-15-5-3-4-6-16-28;/h7-10,12-13,17H,3-6,11,14-16,18H2,1-2H3,(H2,24,26,27);1H. The van der Waals surface area contributed by atoms with E-state index in [1.165, 1.54) is 36.8 Å². The van der Waals surface area contributed by atoms with Crippen molar-refractivity contribution in [3.05, 3.63) is 53.7 Å². The van der Waals surface area contributed by atoms with E-state index < -0.39 is 0 Å². The third-order valence-electron chi connectivity index (χ3n) is 5.29. The van der Waals surface area contributed by atoms with E-state index in [9.17, 15) is 0 Å². The van der Waals surface area contributed by atoms with E-state index in [1.807, 2.05) is 18.3 Å². The molecule has 7 heteroatoms. The van der Waals surface area contributed by atoms with Gasteiger partial charge in [0, 0.05) is 39.4 Å². The number of hydrogen-bond donors (Lipinski definition) is 2. The van der Waals surface area contributed by atoms with Crippen molar-refractivity contribution in [3.8, 4) is 5.75 Å². The molecule has 1 fully saturated rings. The van der Waals surface area contributed by atoms with Crippen LogP contribution in [-0.2, 0) is 13.0 Å². The minimum atomic E-state index is 0. The summed E-state index contributed by atoms with van der Waals surface area (Å²) in [6.07, 6.45) is 8.02. The number of nitrogens with zero attached hydrogens (tertiary/aromatic N) is 3. The van der Waals surface area contributed by atoms with Gasteiger partial charge in [-0.2, -0.15) is 0 Å². The van der Waals surface area contributed by atoms with Gasteiger partial charge in [0.2, 0.25) is 0 Å². The summed E-state index contributed by atoms with van der Waals surface area (Å²) in [6.45, 7) is 3.77. The van der Waals surface area contributed by atoms with Crippen LogP contribution in [0, 0.1) is 0 Å². The number of methoxy groups -OCH3 is 1. The first-order valence-corrected chi connectivity index (χ1v) is 10.6. The maximum Gasteiger partial charge on any atom is 0.191 e. The van der Waals surface area contributed by atoms with Crippen LogP contribution in [0.5, 0.6) is 5.75 Å². The molecule has 164 valence electrons. The van der Waals surface area contributed by atoms with Crippen LogP contribution in [0.15, 0.2) is 47.6 Å². The molecule has 0 radical (unpaired) electrons. The highest BCUT2D eigenvalue weighted by molar-refractivity contribution is 14.0. The van der Waals surface area contributed by atoms with Crippen molar-refractivity contribution in [1.82, 2.24) is 15.6 Å². The molecule has 1 aromatic heterocycles. The van der Waals surface area contributed by atoms with Crippen LogP contribution in [-0.4, -0.2) is 44.7 Å². The van der Waals surface area contributed by atoms with Gasteiger partial charge in [0.15, 0.2) is 5.96 Å². The molecule has 6 nitrogen and oxygen atoms in total. The molecule has 0 spiro atoms. The lowest BCUT2D eigenvalue weighted by Gasteiger charge is -2.22. The van der Waals surface area contributed by atoms with Crippen LogP contribution >= 0.6 is 24.0 Å². The minimum absolute atomic E-state index is 0. The van der Waals surface area contributed by atoms with E-state index in [0.717, 1.165) is 50.1 Å². The van der Waals surface area contributed by atoms with Crippen molar-refractivity contribution in [3.63, 3.8) is 0 Å². The molecule has 2 heterocycles. The maximum absolute atomic E-state index is 5.20. The summed E-state index contributed by atoms with van der Waals surface area (Å²) in [7, 11) is 3.49. The molecular weight excluding hydrogens is 489 g/mol. The lowest BCUT2D eigenvalue weighted by atomic mass is 10.1. The average molecular weight is 523 g/mol. The molecule has 0 unspecified atom stereocenters. The van der Waals surface area contributed by atoms with Crippen LogP contribution in [0.25, 0.3) is 0 Å². The Morgan fingerprint density at radius 1 is 1.03 bits per heavy atom. The zero-order valence-corrected chi connectivity index (χ0v) is 20.4. The topological polar surface area (TPSA) is 61.8 Å². The van der Waals surface area contributed by atoms with Gasteiger partial charge in [-0.15, -0.1) is 24.0 Å². The summed E-state index contributed by atoms with van der Waals surface area (Å²) in [6, 6.07) is 12.4. The van der Waals surface area contributed by atoms with Gasteiger partial charge >= 0.3 is 0 Å². The first kappa shape index (κ1) is 24.2. The Bertz CT molecular complexity index is 773. The average Bonchev–Trinajstić information content (AvgIpc) is 3.06.